The van der Waals surface area contributed by atoms with Crippen molar-refractivity contribution in [2.45, 2.75) is 0 Å². The summed E-state index contributed by atoms with van der Waals surface area (Å²) < 4.78 is 66.5. The van der Waals surface area contributed by atoms with E-state index in [0.717, 1.165) is 36.4 Å². The van der Waals surface area contributed by atoms with E-state index in [4.69, 9.17) is 11.2 Å². The molecule has 0 aromatic heterocycles. The van der Waals surface area contributed by atoms with Gasteiger partial charge in [-0.05, 0) is 35.5 Å². The zero-order valence-electron chi connectivity index (χ0n) is 9.21. The molecule has 0 bridgehead atoms. The molecule has 19 heavy (non-hydrogen) atoms. The molecule has 0 N–H and O–H groups in total. The average molecular weight is 309 g/mol. The van der Waals surface area contributed by atoms with Crippen LogP contribution in [0.25, 0.3) is 0 Å². The molecule has 7 heteroatoms. The summed E-state index contributed by atoms with van der Waals surface area (Å²) in [5, 5.41) is -2.05. The summed E-state index contributed by atoms with van der Waals surface area (Å²) in [5.41, 5.74) is 0. The molecule has 100 valence electrons. The molecule has 2 aromatic rings. The van der Waals surface area contributed by atoms with E-state index < -0.39 is 40.4 Å². The summed E-state index contributed by atoms with van der Waals surface area (Å²) >= 11 is 5.60. The summed E-state index contributed by atoms with van der Waals surface area (Å²) in [7, 11) is 0. The largest absolute Gasteiger partial charge is 0.296 e. The standard InChI is InChI=1S/C12H6ClF4OP/c13-19(18,11-7(14)3-1-4-8(11)15)12-9(16)5-2-6-10(12)17/h1-6H. The third-order valence-electron chi connectivity index (χ3n) is 2.45. The molecular weight excluding hydrogens is 303 g/mol. The van der Waals surface area contributed by atoms with Gasteiger partial charge in [0.15, 0.2) is 0 Å². The summed E-state index contributed by atoms with van der Waals surface area (Å²) in [6.07, 6.45) is 0. The van der Waals surface area contributed by atoms with Gasteiger partial charge in [0, 0.05) is 0 Å². The van der Waals surface area contributed by atoms with Crippen molar-refractivity contribution in [1.82, 2.24) is 0 Å². The van der Waals surface area contributed by atoms with Gasteiger partial charge in [-0.25, -0.2) is 17.6 Å². The molecule has 0 unspecified atom stereocenters. The van der Waals surface area contributed by atoms with Gasteiger partial charge in [0.05, 0.1) is 0 Å². The molecule has 0 spiro atoms. The smallest absolute Gasteiger partial charge is 0.237 e. The van der Waals surface area contributed by atoms with E-state index in [1.807, 2.05) is 0 Å². The Morgan fingerprint density at radius 2 is 1.00 bits per heavy atom. The van der Waals surface area contributed by atoms with E-state index >= 15 is 0 Å². The third-order valence-corrected chi connectivity index (χ3v) is 5.47. The Labute approximate surface area is 111 Å². The molecule has 0 aliphatic carbocycles. The zero-order chi connectivity index (χ0) is 14.2. The van der Waals surface area contributed by atoms with Crippen LogP contribution in [0.2, 0.25) is 0 Å². The lowest BCUT2D eigenvalue weighted by molar-refractivity contribution is 0.570. The molecule has 2 aromatic carbocycles. The molecule has 0 aliphatic rings. The van der Waals surface area contributed by atoms with Crippen molar-refractivity contribution >= 4 is 28.3 Å². The van der Waals surface area contributed by atoms with Crippen molar-refractivity contribution in [2.75, 3.05) is 0 Å². The maximum Gasteiger partial charge on any atom is 0.237 e. The fraction of sp³-hybridized carbons (Fsp3) is 0. The number of halogens is 5. The van der Waals surface area contributed by atoms with Crippen molar-refractivity contribution in [3.8, 4) is 0 Å². The fourth-order valence-electron chi connectivity index (χ4n) is 1.64. The molecule has 0 amide bonds. The maximum atomic E-state index is 13.6. The highest BCUT2D eigenvalue weighted by molar-refractivity contribution is 8.00. The number of hydrogen-bond donors (Lipinski definition) is 0. The van der Waals surface area contributed by atoms with Crippen molar-refractivity contribution in [1.29, 1.82) is 0 Å². The van der Waals surface area contributed by atoms with Crippen LogP contribution < -0.4 is 10.6 Å². The maximum absolute atomic E-state index is 13.6. The zero-order valence-corrected chi connectivity index (χ0v) is 10.9. The molecule has 0 radical (unpaired) electrons. The SMILES string of the molecule is O=P(Cl)(c1c(F)cccc1F)c1c(F)cccc1F. The topological polar surface area (TPSA) is 17.1 Å². The molecule has 2 rings (SSSR count). The molecule has 0 fully saturated rings. The van der Waals surface area contributed by atoms with Gasteiger partial charge in [0.25, 0.3) is 0 Å². The molecular formula is C12H6ClF4OP. The first kappa shape index (κ1) is 14.1. The van der Waals surface area contributed by atoms with Crippen LogP contribution in [0.15, 0.2) is 36.4 Å². The van der Waals surface area contributed by atoms with Crippen LogP contribution in [0.1, 0.15) is 0 Å². The van der Waals surface area contributed by atoms with Crippen molar-refractivity contribution in [2.24, 2.45) is 0 Å². The highest BCUT2D eigenvalue weighted by Crippen LogP contribution is 2.51. The Balaban J connectivity index is 2.77. The van der Waals surface area contributed by atoms with Crippen LogP contribution in [0.3, 0.4) is 0 Å². The minimum atomic E-state index is -4.58. The van der Waals surface area contributed by atoms with Gasteiger partial charge in [-0.1, -0.05) is 12.1 Å². The quantitative estimate of drug-likeness (QED) is 0.610. The van der Waals surface area contributed by atoms with Crippen LogP contribution in [0.5, 0.6) is 0 Å². The van der Waals surface area contributed by atoms with Gasteiger partial charge in [0.1, 0.15) is 33.9 Å². The highest BCUT2D eigenvalue weighted by atomic mass is 35.7. The van der Waals surface area contributed by atoms with Crippen LogP contribution in [-0.2, 0) is 4.57 Å². The summed E-state index contributed by atoms with van der Waals surface area (Å²) in [6, 6.07) is 5.31. The van der Waals surface area contributed by atoms with Gasteiger partial charge in [0.2, 0.25) is 6.49 Å². The van der Waals surface area contributed by atoms with Crippen molar-refractivity contribution in [3.05, 3.63) is 59.7 Å². The summed E-state index contributed by atoms with van der Waals surface area (Å²) in [4.78, 5) is 0. The van der Waals surface area contributed by atoms with Gasteiger partial charge in [-0.3, -0.25) is 4.57 Å². The Morgan fingerprint density at radius 1 is 0.737 bits per heavy atom. The lowest BCUT2D eigenvalue weighted by atomic mass is 10.3. The van der Waals surface area contributed by atoms with Crippen molar-refractivity contribution < 1.29 is 22.1 Å². The first-order valence-electron chi connectivity index (χ1n) is 5.04. The van der Waals surface area contributed by atoms with E-state index in [1.165, 1.54) is 0 Å². The minimum Gasteiger partial charge on any atom is -0.296 e. The third kappa shape index (κ3) is 2.40. The average Bonchev–Trinajstić information content (AvgIpc) is 2.27. The molecule has 0 saturated heterocycles. The van der Waals surface area contributed by atoms with Crippen LogP contribution in [-0.4, -0.2) is 0 Å². The Morgan fingerprint density at radius 3 is 1.26 bits per heavy atom. The highest BCUT2D eigenvalue weighted by Gasteiger charge is 2.36. The van der Waals surface area contributed by atoms with Gasteiger partial charge in [-0.2, -0.15) is 0 Å². The van der Waals surface area contributed by atoms with Crippen LogP contribution >= 0.6 is 17.7 Å². The number of benzene rings is 2. The number of rotatable bonds is 2. The summed E-state index contributed by atoms with van der Waals surface area (Å²) in [6.45, 7) is -4.58. The lowest BCUT2D eigenvalue weighted by Gasteiger charge is -2.14. The fourth-order valence-corrected chi connectivity index (χ4v) is 4.23. The normalized spacial score (nSPS) is 11.6. The first-order valence-corrected chi connectivity index (χ1v) is 7.65. The Hall–Kier alpha value is -1.32. The Bertz CT molecular complexity index is 593. The molecule has 0 heterocycles. The summed E-state index contributed by atoms with van der Waals surface area (Å²) in [5.74, 6) is -4.89. The first-order chi connectivity index (χ1) is 8.85. The minimum absolute atomic E-state index is 0.812. The van der Waals surface area contributed by atoms with E-state index in [9.17, 15) is 22.1 Å². The van der Waals surface area contributed by atoms with Gasteiger partial charge >= 0.3 is 0 Å². The van der Waals surface area contributed by atoms with E-state index in [1.54, 1.807) is 0 Å². The lowest BCUT2D eigenvalue weighted by Crippen LogP contribution is -2.23. The predicted octanol–water partition coefficient (Wildman–Crippen LogP) is 3.71. The van der Waals surface area contributed by atoms with Crippen molar-refractivity contribution in [3.63, 3.8) is 0 Å². The van der Waals surface area contributed by atoms with E-state index in [-0.39, 0.29) is 0 Å². The predicted molar refractivity (Wildman–Crippen MR) is 65.4 cm³/mol. The van der Waals surface area contributed by atoms with E-state index in [0.29, 0.717) is 0 Å². The molecule has 1 nitrogen and oxygen atoms in total. The monoisotopic (exact) mass is 308 g/mol. The van der Waals surface area contributed by atoms with Crippen LogP contribution in [0, 0.1) is 23.3 Å². The van der Waals surface area contributed by atoms with Gasteiger partial charge in [-0.15, -0.1) is 0 Å². The van der Waals surface area contributed by atoms with Gasteiger partial charge < -0.3 is 0 Å². The second-order valence-electron chi connectivity index (χ2n) is 3.67. The molecule has 0 saturated carbocycles. The Kier molecular flexibility index (Phi) is 3.70. The second-order valence-corrected chi connectivity index (χ2v) is 7.06. The molecule has 0 atom stereocenters. The van der Waals surface area contributed by atoms with E-state index in [2.05, 4.69) is 0 Å². The second kappa shape index (κ2) is 4.99. The van der Waals surface area contributed by atoms with Crippen LogP contribution in [0.4, 0.5) is 17.6 Å². The molecule has 0 aliphatic heterocycles. The number of hydrogen-bond acceptors (Lipinski definition) is 1.